The van der Waals surface area contributed by atoms with E-state index in [1.807, 2.05) is 0 Å². The Balaban J connectivity index is 2.29. The second-order valence-corrected chi connectivity index (χ2v) is 5.32. The smallest absolute Gasteiger partial charge is 0.271 e. The van der Waals surface area contributed by atoms with Crippen molar-refractivity contribution in [1.82, 2.24) is 9.36 Å². The molecule has 0 fully saturated rings. The van der Waals surface area contributed by atoms with Crippen molar-refractivity contribution in [3.8, 4) is 11.1 Å². The third kappa shape index (κ3) is 2.10. The minimum Gasteiger partial charge on any atom is -0.271 e. The van der Waals surface area contributed by atoms with Gasteiger partial charge >= 0.3 is 5.69 Å². The lowest BCUT2D eigenvalue weighted by Gasteiger charge is -2.17. The summed E-state index contributed by atoms with van der Waals surface area (Å²) in [6, 6.07) is 1.10. The molecule has 2 heterocycles. The van der Waals surface area contributed by atoms with Gasteiger partial charge in [0.2, 0.25) is 5.82 Å². The molecule has 1 aliphatic rings. The highest BCUT2D eigenvalue weighted by Gasteiger charge is 2.27. The summed E-state index contributed by atoms with van der Waals surface area (Å²) in [7, 11) is 0. The fourth-order valence-corrected chi connectivity index (χ4v) is 2.98. The number of aromatic nitrogens is 2. The maximum absolute atomic E-state index is 14.0. The van der Waals surface area contributed by atoms with Crippen LogP contribution in [-0.4, -0.2) is 14.3 Å². The SMILES string of the molecule is O=c1c(-c2cc([N+](=O)[O-])c(F)cc2F)c(Cl)n2n1CCCC2. The van der Waals surface area contributed by atoms with Gasteiger partial charge in [-0.05, 0) is 12.8 Å². The Hall–Kier alpha value is -2.22. The van der Waals surface area contributed by atoms with E-state index in [0.717, 1.165) is 12.8 Å². The van der Waals surface area contributed by atoms with Crippen molar-refractivity contribution in [1.29, 1.82) is 0 Å². The minimum atomic E-state index is -1.30. The molecule has 0 aliphatic carbocycles. The van der Waals surface area contributed by atoms with E-state index in [1.165, 1.54) is 9.36 Å². The summed E-state index contributed by atoms with van der Waals surface area (Å²) in [4.78, 5) is 22.2. The van der Waals surface area contributed by atoms with Crippen LogP contribution in [0.1, 0.15) is 12.8 Å². The molecule has 3 rings (SSSR count). The van der Waals surface area contributed by atoms with Gasteiger partial charge in [0.15, 0.2) is 0 Å². The van der Waals surface area contributed by atoms with Crippen LogP contribution in [-0.2, 0) is 13.1 Å². The van der Waals surface area contributed by atoms with E-state index in [0.29, 0.717) is 25.2 Å². The quantitative estimate of drug-likeness (QED) is 0.628. The number of nitro groups is 1. The molecule has 0 amide bonds. The van der Waals surface area contributed by atoms with Gasteiger partial charge in [-0.2, -0.15) is 4.39 Å². The minimum absolute atomic E-state index is 0.00417. The largest absolute Gasteiger partial charge is 0.305 e. The summed E-state index contributed by atoms with van der Waals surface area (Å²) in [5.41, 5.74) is -1.98. The lowest BCUT2D eigenvalue weighted by molar-refractivity contribution is -0.387. The highest BCUT2D eigenvalue weighted by molar-refractivity contribution is 6.32. The average Bonchev–Trinajstić information content (AvgIpc) is 2.72. The zero-order valence-corrected chi connectivity index (χ0v) is 11.9. The maximum atomic E-state index is 14.0. The van der Waals surface area contributed by atoms with E-state index < -0.39 is 27.8 Å². The van der Waals surface area contributed by atoms with Gasteiger partial charge < -0.3 is 0 Å². The summed E-state index contributed by atoms with van der Waals surface area (Å²) >= 11 is 6.14. The van der Waals surface area contributed by atoms with Crippen molar-refractivity contribution in [3.63, 3.8) is 0 Å². The average molecular weight is 330 g/mol. The van der Waals surface area contributed by atoms with Crippen LogP contribution in [0, 0.1) is 21.7 Å². The van der Waals surface area contributed by atoms with Crippen molar-refractivity contribution in [2.24, 2.45) is 0 Å². The third-order valence-electron chi connectivity index (χ3n) is 3.66. The lowest BCUT2D eigenvalue weighted by atomic mass is 10.1. The number of hydrogen-bond acceptors (Lipinski definition) is 3. The van der Waals surface area contributed by atoms with Gasteiger partial charge in [0, 0.05) is 30.8 Å². The van der Waals surface area contributed by atoms with E-state index >= 15 is 0 Å². The summed E-state index contributed by atoms with van der Waals surface area (Å²) < 4.78 is 30.3. The first kappa shape index (κ1) is 14.7. The highest BCUT2D eigenvalue weighted by Crippen LogP contribution is 2.33. The molecule has 9 heteroatoms. The van der Waals surface area contributed by atoms with E-state index in [4.69, 9.17) is 11.6 Å². The first-order valence-corrected chi connectivity index (χ1v) is 6.92. The van der Waals surface area contributed by atoms with Crippen molar-refractivity contribution in [2.45, 2.75) is 25.9 Å². The first-order chi connectivity index (χ1) is 10.4. The van der Waals surface area contributed by atoms with Crippen molar-refractivity contribution in [2.75, 3.05) is 0 Å². The summed E-state index contributed by atoms with van der Waals surface area (Å²) in [6.07, 6.45) is 1.60. The maximum Gasteiger partial charge on any atom is 0.305 e. The fraction of sp³-hybridized carbons (Fsp3) is 0.308. The Labute approximate surface area is 127 Å². The van der Waals surface area contributed by atoms with Gasteiger partial charge in [0.25, 0.3) is 5.56 Å². The first-order valence-electron chi connectivity index (χ1n) is 6.54. The molecule has 6 nitrogen and oxygen atoms in total. The summed E-state index contributed by atoms with van der Waals surface area (Å²) in [6.45, 7) is 0.933. The zero-order chi connectivity index (χ0) is 16.0. The highest BCUT2D eigenvalue weighted by atomic mass is 35.5. The zero-order valence-electron chi connectivity index (χ0n) is 11.2. The van der Waals surface area contributed by atoms with Crippen LogP contribution in [0.3, 0.4) is 0 Å². The Morgan fingerprint density at radius 3 is 2.36 bits per heavy atom. The Morgan fingerprint density at radius 2 is 1.77 bits per heavy atom. The Bertz CT molecular complexity index is 844. The molecule has 0 bridgehead atoms. The molecule has 116 valence electrons. The molecule has 0 spiro atoms. The van der Waals surface area contributed by atoms with E-state index in [2.05, 4.69) is 0 Å². The van der Waals surface area contributed by atoms with Crippen molar-refractivity contribution in [3.05, 3.63) is 49.4 Å². The van der Waals surface area contributed by atoms with Gasteiger partial charge in [-0.25, -0.2) is 9.07 Å². The molecule has 1 aromatic heterocycles. The molecule has 0 N–H and O–H groups in total. The fourth-order valence-electron chi connectivity index (χ4n) is 2.62. The van der Waals surface area contributed by atoms with Gasteiger partial charge in [-0.3, -0.25) is 19.6 Å². The summed E-state index contributed by atoms with van der Waals surface area (Å²) in [5.74, 6) is -2.36. The topological polar surface area (TPSA) is 70.1 Å². The van der Waals surface area contributed by atoms with Gasteiger partial charge in [-0.15, -0.1) is 0 Å². The molecular formula is C13H10ClF2N3O3. The standard InChI is InChI=1S/C13H10ClF2N3O3/c14-12-11(13(20)18-4-2-1-3-17(12)18)7-5-10(19(21)22)9(16)6-8(7)15/h5-6H,1-4H2. The number of nitrogens with zero attached hydrogens (tertiary/aromatic N) is 3. The van der Waals surface area contributed by atoms with E-state index in [-0.39, 0.29) is 16.3 Å². The van der Waals surface area contributed by atoms with Gasteiger partial charge in [0.05, 0.1) is 10.5 Å². The van der Waals surface area contributed by atoms with E-state index in [1.54, 1.807) is 0 Å². The van der Waals surface area contributed by atoms with Gasteiger partial charge in [0.1, 0.15) is 11.0 Å². The van der Waals surface area contributed by atoms with Crippen LogP contribution in [0.4, 0.5) is 14.5 Å². The molecule has 1 aliphatic heterocycles. The second kappa shape index (κ2) is 5.20. The number of hydrogen-bond donors (Lipinski definition) is 0. The number of nitro benzene ring substituents is 1. The number of halogens is 3. The van der Waals surface area contributed by atoms with Crippen LogP contribution in [0.15, 0.2) is 16.9 Å². The Kier molecular flexibility index (Phi) is 3.48. The van der Waals surface area contributed by atoms with Crippen molar-refractivity contribution < 1.29 is 13.7 Å². The summed E-state index contributed by atoms with van der Waals surface area (Å²) in [5, 5.41) is 10.8. The molecule has 0 atom stereocenters. The molecule has 0 radical (unpaired) electrons. The molecule has 0 unspecified atom stereocenters. The number of fused-ring (bicyclic) bond motifs is 1. The third-order valence-corrected chi connectivity index (χ3v) is 4.05. The lowest BCUT2D eigenvalue weighted by Crippen LogP contribution is -2.27. The monoisotopic (exact) mass is 329 g/mol. The molecule has 22 heavy (non-hydrogen) atoms. The van der Waals surface area contributed by atoms with E-state index in [9.17, 15) is 23.7 Å². The van der Waals surface area contributed by atoms with Crippen LogP contribution in [0.5, 0.6) is 0 Å². The van der Waals surface area contributed by atoms with Gasteiger partial charge in [-0.1, -0.05) is 11.6 Å². The van der Waals surface area contributed by atoms with Crippen LogP contribution in [0.25, 0.3) is 11.1 Å². The van der Waals surface area contributed by atoms with Crippen LogP contribution >= 0.6 is 11.6 Å². The van der Waals surface area contributed by atoms with Crippen molar-refractivity contribution >= 4 is 17.3 Å². The number of rotatable bonds is 2. The number of benzene rings is 1. The van der Waals surface area contributed by atoms with Crippen LogP contribution < -0.4 is 5.56 Å². The van der Waals surface area contributed by atoms with Crippen LogP contribution in [0.2, 0.25) is 5.15 Å². The molecule has 2 aromatic rings. The second-order valence-electron chi connectivity index (χ2n) is 4.96. The predicted molar refractivity (Wildman–Crippen MR) is 74.9 cm³/mol. The molecule has 0 saturated carbocycles. The molecular weight excluding hydrogens is 320 g/mol. The molecule has 1 aromatic carbocycles. The predicted octanol–water partition coefficient (Wildman–Crippen LogP) is 2.95. The molecule has 0 saturated heterocycles. The normalized spacial score (nSPS) is 14.0. The Morgan fingerprint density at radius 1 is 1.14 bits per heavy atom.